The van der Waals surface area contributed by atoms with Crippen molar-refractivity contribution in [3.05, 3.63) is 46.7 Å². The van der Waals surface area contributed by atoms with Crippen LogP contribution in [0.1, 0.15) is 41.8 Å². The summed E-state index contributed by atoms with van der Waals surface area (Å²) in [5.74, 6) is 1.19. The van der Waals surface area contributed by atoms with Crippen molar-refractivity contribution in [3.8, 4) is 11.1 Å². The van der Waals surface area contributed by atoms with Crippen LogP contribution in [0, 0.1) is 11.8 Å². The first-order valence-electron chi connectivity index (χ1n) is 8.91. The molecular weight excluding hydrogens is 352 g/mol. The molecule has 1 amide bonds. The van der Waals surface area contributed by atoms with Crippen LogP contribution in [0.5, 0.6) is 0 Å². The Bertz CT molecular complexity index is 703. The van der Waals surface area contributed by atoms with Crippen molar-refractivity contribution in [2.24, 2.45) is 17.6 Å². The van der Waals surface area contributed by atoms with Crippen LogP contribution in [-0.2, 0) is 0 Å². The Morgan fingerprint density at radius 1 is 1.08 bits per heavy atom. The summed E-state index contributed by atoms with van der Waals surface area (Å²) in [6.07, 6.45) is 5.79. The topological polar surface area (TPSA) is 55.1 Å². The maximum absolute atomic E-state index is 12.9. The van der Waals surface area contributed by atoms with Gasteiger partial charge in [-0.25, -0.2) is 0 Å². The molecular formula is C20H25ClN2OS. The Hall–Kier alpha value is -1.36. The molecule has 2 bridgehead atoms. The maximum atomic E-state index is 12.9. The molecule has 25 heavy (non-hydrogen) atoms. The zero-order valence-corrected chi connectivity index (χ0v) is 15.8. The van der Waals surface area contributed by atoms with Crippen LogP contribution in [0.3, 0.4) is 0 Å². The number of carbonyl (C=O) groups excluding carboxylic acids is 1. The molecule has 1 heterocycles. The Kier molecular flexibility index (Phi) is 5.82. The third-order valence-corrected chi connectivity index (χ3v) is 6.54. The molecule has 2 saturated carbocycles. The van der Waals surface area contributed by atoms with Gasteiger partial charge in [-0.2, -0.15) is 0 Å². The molecule has 0 spiro atoms. The molecule has 2 aliphatic carbocycles. The van der Waals surface area contributed by atoms with Crippen LogP contribution in [0.15, 0.2) is 41.8 Å². The molecule has 134 valence electrons. The van der Waals surface area contributed by atoms with E-state index in [4.69, 9.17) is 5.73 Å². The van der Waals surface area contributed by atoms with Gasteiger partial charge in [-0.05, 0) is 54.5 Å². The van der Waals surface area contributed by atoms with Gasteiger partial charge in [-0.3, -0.25) is 4.79 Å². The van der Waals surface area contributed by atoms with Crippen LogP contribution < -0.4 is 11.1 Å². The normalized spacial score (nSPS) is 28.0. The second-order valence-corrected chi connectivity index (χ2v) is 8.13. The number of halogens is 1. The summed E-state index contributed by atoms with van der Waals surface area (Å²) in [7, 11) is 0. The molecule has 2 aliphatic rings. The van der Waals surface area contributed by atoms with Gasteiger partial charge in [0.25, 0.3) is 5.91 Å². The number of carbonyl (C=O) groups is 1. The monoisotopic (exact) mass is 376 g/mol. The van der Waals surface area contributed by atoms with Gasteiger partial charge >= 0.3 is 0 Å². The first-order chi connectivity index (χ1) is 11.7. The van der Waals surface area contributed by atoms with Crippen LogP contribution >= 0.6 is 23.7 Å². The third kappa shape index (κ3) is 3.76. The molecule has 1 aromatic heterocycles. The van der Waals surface area contributed by atoms with E-state index in [1.165, 1.54) is 30.6 Å². The lowest BCUT2D eigenvalue weighted by Crippen LogP contribution is -2.53. The molecule has 2 fully saturated rings. The van der Waals surface area contributed by atoms with Gasteiger partial charge in [0.05, 0.1) is 4.88 Å². The molecule has 0 aliphatic heterocycles. The second-order valence-electron chi connectivity index (χ2n) is 7.21. The fourth-order valence-corrected chi connectivity index (χ4v) is 5.39. The molecule has 3 nitrogen and oxygen atoms in total. The fourth-order valence-electron chi connectivity index (χ4n) is 4.57. The zero-order valence-electron chi connectivity index (χ0n) is 14.2. The minimum absolute atomic E-state index is 0. The number of benzene rings is 1. The van der Waals surface area contributed by atoms with E-state index in [0.29, 0.717) is 23.9 Å². The smallest absolute Gasteiger partial charge is 0.262 e. The van der Waals surface area contributed by atoms with E-state index in [1.54, 1.807) is 0 Å². The van der Waals surface area contributed by atoms with Gasteiger partial charge in [-0.15, -0.1) is 23.7 Å². The lowest BCUT2D eigenvalue weighted by Gasteiger charge is -2.45. The Balaban J connectivity index is 0.00000182. The summed E-state index contributed by atoms with van der Waals surface area (Å²) in [5, 5.41) is 5.38. The molecule has 0 saturated heterocycles. The number of fused-ring (bicyclic) bond motifs is 2. The number of thiophene rings is 1. The van der Waals surface area contributed by atoms with E-state index in [1.807, 2.05) is 29.6 Å². The fraction of sp³-hybridized carbons (Fsp3) is 0.450. The van der Waals surface area contributed by atoms with E-state index in [2.05, 4.69) is 17.4 Å². The van der Waals surface area contributed by atoms with Crippen LogP contribution in [0.4, 0.5) is 0 Å². The Morgan fingerprint density at radius 3 is 2.44 bits per heavy atom. The van der Waals surface area contributed by atoms with Crippen molar-refractivity contribution in [2.45, 2.75) is 44.2 Å². The summed E-state index contributed by atoms with van der Waals surface area (Å²) in [6.45, 7) is 0. The van der Waals surface area contributed by atoms with Gasteiger partial charge < -0.3 is 11.1 Å². The van der Waals surface area contributed by atoms with E-state index < -0.39 is 0 Å². The van der Waals surface area contributed by atoms with Crippen molar-refractivity contribution < 1.29 is 4.79 Å². The van der Waals surface area contributed by atoms with Crippen molar-refractivity contribution in [2.75, 3.05) is 0 Å². The van der Waals surface area contributed by atoms with Crippen molar-refractivity contribution in [1.82, 2.24) is 5.32 Å². The molecule has 2 unspecified atom stereocenters. The molecule has 4 rings (SSSR count). The number of nitrogens with one attached hydrogen (secondary N) is 1. The SMILES string of the molecule is Cl.NC1CC2CCCC(C1)C2NC(=O)c1sccc1-c1ccccc1. The van der Waals surface area contributed by atoms with E-state index >= 15 is 0 Å². The molecule has 1 aromatic carbocycles. The number of hydrogen-bond acceptors (Lipinski definition) is 3. The lowest BCUT2D eigenvalue weighted by molar-refractivity contribution is 0.0760. The highest BCUT2D eigenvalue weighted by atomic mass is 35.5. The van der Waals surface area contributed by atoms with E-state index in [9.17, 15) is 4.79 Å². The van der Waals surface area contributed by atoms with Crippen molar-refractivity contribution in [1.29, 1.82) is 0 Å². The summed E-state index contributed by atoms with van der Waals surface area (Å²) in [4.78, 5) is 13.8. The van der Waals surface area contributed by atoms with Gasteiger partial charge in [0.15, 0.2) is 0 Å². The standard InChI is InChI=1S/C20H24N2OS.ClH/c21-16-11-14-7-4-8-15(12-16)18(14)22-20(23)19-17(9-10-24-19)13-5-2-1-3-6-13;/h1-3,5-6,9-10,14-16,18H,4,7-8,11-12,21H2,(H,22,23);1H. The van der Waals surface area contributed by atoms with Gasteiger partial charge in [0.2, 0.25) is 0 Å². The third-order valence-electron chi connectivity index (χ3n) is 5.63. The highest BCUT2D eigenvalue weighted by Crippen LogP contribution is 2.40. The first-order valence-corrected chi connectivity index (χ1v) is 9.79. The van der Waals surface area contributed by atoms with Gasteiger partial charge in [0, 0.05) is 17.6 Å². The van der Waals surface area contributed by atoms with Crippen LogP contribution in [0.25, 0.3) is 11.1 Å². The molecule has 0 radical (unpaired) electrons. The van der Waals surface area contributed by atoms with Gasteiger partial charge in [0.1, 0.15) is 0 Å². The number of rotatable bonds is 3. The molecule has 5 heteroatoms. The Labute approximate surface area is 159 Å². The van der Waals surface area contributed by atoms with Crippen molar-refractivity contribution in [3.63, 3.8) is 0 Å². The van der Waals surface area contributed by atoms with Crippen LogP contribution in [-0.4, -0.2) is 18.0 Å². The highest BCUT2D eigenvalue weighted by Gasteiger charge is 2.40. The summed E-state index contributed by atoms with van der Waals surface area (Å²) < 4.78 is 0. The molecule has 3 N–H and O–H groups in total. The predicted molar refractivity (Wildman–Crippen MR) is 106 cm³/mol. The first kappa shape index (κ1) is 18.4. The number of hydrogen-bond donors (Lipinski definition) is 2. The van der Waals surface area contributed by atoms with E-state index in [-0.39, 0.29) is 18.3 Å². The molecule has 2 atom stereocenters. The maximum Gasteiger partial charge on any atom is 0.262 e. The average molecular weight is 377 g/mol. The minimum atomic E-state index is 0. The average Bonchev–Trinajstić information content (AvgIpc) is 3.06. The quantitative estimate of drug-likeness (QED) is 0.830. The minimum Gasteiger partial charge on any atom is -0.348 e. The summed E-state index contributed by atoms with van der Waals surface area (Å²) in [5.41, 5.74) is 8.35. The second kappa shape index (κ2) is 7.90. The lowest BCUT2D eigenvalue weighted by atomic mass is 9.67. The zero-order chi connectivity index (χ0) is 16.5. The highest BCUT2D eigenvalue weighted by molar-refractivity contribution is 7.12. The number of amides is 1. The van der Waals surface area contributed by atoms with Crippen molar-refractivity contribution >= 4 is 29.7 Å². The summed E-state index contributed by atoms with van der Waals surface area (Å²) in [6, 6.07) is 12.8. The van der Waals surface area contributed by atoms with E-state index in [0.717, 1.165) is 28.8 Å². The predicted octanol–water partition coefficient (Wildman–Crippen LogP) is 4.47. The molecule has 2 aromatic rings. The largest absolute Gasteiger partial charge is 0.348 e. The summed E-state index contributed by atoms with van der Waals surface area (Å²) >= 11 is 1.53. The number of nitrogens with two attached hydrogens (primary N) is 1. The van der Waals surface area contributed by atoms with Gasteiger partial charge in [-0.1, -0.05) is 36.8 Å². The Morgan fingerprint density at radius 2 is 1.76 bits per heavy atom. The van der Waals surface area contributed by atoms with Crippen LogP contribution in [0.2, 0.25) is 0 Å².